The number of benzene rings is 3. The molecule has 0 heterocycles. The molecule has 0 aliphatic rings. The van der Waals surface area contributed by atoms with Crippen LogP contribution in [0.2, 0.25) is 0 Å². The molecule has 3 aromatic carbocycles. The zero-order chi connectivity index (χ0) is 25.7. The third-order valence-electron chi connectivity index (χ3n) is 5.96. The highest BCUT2D eigenvalue weighted by molar-refractivity contribution is 5.68. The van der Waals surface area contributed by atoms with Crippen LogP contribution in [0, 0.1) is 25.7 Å². The first kappa shape index (κ1) is 25.7. The minimum atomic E-state index is -1.00. The van der Waals surface area contributed by atoms with Gasteiger partial charge in [-0.3, -0.25) is 0 Å². The van der Waals surface area contributed by atoms with Crippen LogP contribution >= 0.6 is 0 Å². The Hall–Kier alpha value is -3.91. The molecule has 0 spiro atoms. The molecule has 0 unspecified atom stereocenters. The predicted molar refractivity (Wildman–Crippen MR) is 141 cm³/mol. The van der Waals surface area contributed by atoms with Crippen molar-refractivity contribution >= 4 is 11.7 Å². The first-order valence-electron chi connectivity index (χ1n) is 11.6. The number of carboxylic acids is 1. The van der Waals surface area contributed by atoms with Crippen molar-refractivity contribution in [2.75, 3.05) is 25.6 Å². The summed E-state index contributed by atoms with van der Waals surface area (Å²) in [7, 11) is 4.00. The van der Waals surface area contributed by atoms with Crippen LogP contribution < -0.4 is 9.64 Å². The van der Waals surface area contributed by atoms with Crippen molar-refractivity contribution in [2.24, 2.45) is 0 Å². The van der Waals surface area contributed by atoms with Gasteiger partial charge in [-0.05, 0) is 96.5 Å². The average molecular weight is 472 g/mol. The standard InChI is InChI=1S/C30H33NO4/c1-19(2)27-16-23(17-28-20(3)13-26(14-21(28)4)35-18-29(32)33)15-24(30(27)34)10-7-22-8-11-25(12-9-22)31(5)6/h8-9,11-16,19,34H,17-18H2,1-6H3,(H,32,33). The van der Waals surface area contributed by atoms with E-state index in [-0.39, 0.29) is 18.3 Å². The van der Waals surface area contributed by atoms with Crippen molar-refractivity contribution in [3.05, 3.63) is 87.5 Å². The van der Waals surface area contributed by atoms with Gasteiger partial charge in [0.1, 0.15) is 11.5 Å². The first-order valence-corrected chi connectivity index (χ1v) is 11.6. The Morgan fingerprint density at radius 1 is 1.00 bits per heavy atom. The molecule has 0 radical (unpaired) electrons. The van der Waals surface area contributed by atoms with E-state index >= 15 is 0 Å². The Morgan fingerprint density at radius 3 is 2.17 bits per heavy atom. The molecule has 182 valence electrons. The van der Waals surface area contributed by atoms with E-state index in [0.717, 1.165) is 39.1 Å². The highest BCUT2D eigenvalue weighted by atomic mass is 16.5. The number of aromatic hydroxyl groups is 1. The molecule has 0 bridgehead atoms. The molecule has 0 saturated carbocycles. The molecule has 0 aliphatic carbocycles. The van der Waals surface area contributed by atoms with Crippen LogP contribution in [0.15, 0.2) is 48.5 Å². The smallest absolute Gasteiger partial charge is 0.341 e. The van der Waals surface area contributed by atoms with Crippen molar-refractivity contribution in [1.82, 2.24) is 0 Å². The monoisotopic (exact) mass is 471 g/mol. The number of phenolic OH excluding ortho intramolecular Hbond substituents is 1. The highest BCUT2D eigenvalue weighted by Crippen LogP contribution is 2.32. The maximum absolute atomic E-state index is 10.9. The third-order valence-corrected chi connectivity index (χ3v) is 5.96. The molecule has 0 saturated heterocycles. The largest absolute Gasteiger partial charge is 0.506 e. The molecule has 35 heavy (non-hydrogen) atoms. The quantitative estimate of drug-likeness (QED) is 0.436. The van der Waals surface area contributed by atoms with Gasteiger partial charge in [0, 0.05) is 25.3 Å². The Balaban J connectivity index is 1.95. The van der Waals surface area contributed by atoms with Crippen molar-refractivity contribution in [1.29, 1.82) is 0 Å². The van der Waals surface area contributed by atoms with Crippen molar-refractivity contribution in [3.8, 4) is 23.3 Å². The van der Waals surface area contributed by atoms with E-state index in [1.54, 1.807) is 0 Å². The lowest BCUT2D eigenvalue weighted by atomic mass is 9.91. The predicted octanol–water partition coefficient (Wildman–Crippen LogP) is 5.65. The van der Waals surface area contributed by atoms with Crippen LogP contribution in [0.1, 0.15) is 58.7 Å². The number of ether oxygens (including phenoxy) is 1. The fourth-order valence-electron chi connectivity index (χ4n) is 4.00. The maximum Gasteiger partial charge on any atom is 0.341 e. The molecule has 3 aromatic rings. The number of carboxylic acid groups (broad SMARTS) is 1. The number of hydrogen-bond donors (Lipinski definition) is 2. The SMILES string of the molecule is Cc1cc(OCC(=O)O)cc(C)c1Cc1cc(C#Cc2ccc(N(C)C)cc2)c(O)c(C(C)C)c1. The van der Waals surface area contributed by atoms with Gasteiger partial charge in [-0.2, -0.15) is 0 Å². The second-order valence-electron chi connectivity index (χ2n) is 9.32. The molecule has 0 fully saturated rings. The highest BCUT2D eigenvalue weighted by Gasteiger charge is 2.14. The average Bonchev–Trinajstić information content (AvgIpc) is 2.80. The summed E-state index contributed by atoms with van der Waals surface area (Å²) in [6.45, 7) is 7.74. The number of carbonyl (C=O) groups is 1. The van der Waals surface area contributed by atoms with Crippen LogP contribution in [0.5, 0.6) is 11.5 Å². The molecule has 0 aromatic heterocycles. The molecule has 0 atom stereocenters. The summed E-state index contributed by atoms with van der Waals surface area (Å²) in [6.07, 6.45) is 0.670. The summed E-state index contributed by atoms with van der Waals surface area (Å²) >= 11 is 0. The van der Waals surface area contributed by atoms with Crippen molar-refractivity contribution in [2.45, 2.75) is 40.0 Å². The Morgan fingerprint density at radius 2 is 1.63 bits per heavy atom. The Labute approximate surface area is 208 Å². The number of rotatable bonds is 7. The minimum Gasteiger partial charge on any atom is -0.506 e. The van der Waals surface area contributed by atoms with Crippen molar-refractivity contribution < 1.29 is 19.7 Å². The zero-order valence-electron chi connectivity index (χ0n) is 21.3. The van der Waals surface area contributed by atoms with E-state index in [0.29, 0.717) is 17.7 Å². The van der Waals surface area contributed by atoms with Gasteiger partial charge in [0.05, 0.1) is 5.56 Å². The summed E-state index contributed by atoms with van der Waals surface area (Å²) in [5, 5.41) is 19.8. The van der Waals surface area contributed by atoms with E-state index in [1.807, 2.05) is 81.4 Å². The lowest BCUT2D eigenvalue weighted by Crippen LogP contribution is -2.10. The number of aliphatic carboxylic acids is 1. The fourth-order valence-corrected chi connectivity index (χ4v) is 4.00. The third kappa shape index (κ3) is 6.58. The van der Waals surface area contributed by atoms with E-state index in [1.165, 1.54) is 0 Å². The van der Waals surface area contributed by atoms with Crippen LogP contribution in [-0.2, 0) is 11.2 Å². The molecule has 2 N–H and O–H groups in total. The molecule has 5 nitrogen and oxygen atoms in total. The summed E-state index contributed by atoms with van der Waals surface area (Å²) in [6, 6.07) is 15.7. The normalized spacial score (nSPS) is 10.6. The summed E-state index contributed by atoms with van der Waals surface area (Å²) in [4.78, 5) is 12.9. The zero-order valence-corrected chi connectivity index (χ0v) is 21.3. The summed E-state index contributed by atoms with van der Waals surface area (Å²) in [5.41, 5.74) is 7.72. The van der Waals surface area contributed by atoms with Crippen LogP contribution in [-0.4, -0.2) is 36.9 Å². The number of aryl methyl sites for hydroxylation is 2. The van der Waals surface area contributed by atoms with Crippen LogP contribution in [0.4, 0.5) is 5.69 Å². The van der Waals surface area contributed by atoms with E-state index < -0.39 is 5.97 Å². The Kier molecular flexibility index (Phi) is 8.09. The molecule has 5 heteroatoms. The van der Waals surface area contributed by atoms with Gasteiger partial charge in [0.15, 0.2) is 6.61 Å². The van der Waals surface area contributed by atoms with Gasteiger partial charge in [0.25, 0.3) is 0 Å². The number of phenols is 1. The maximum atomic E-state index is 10.9. The molecule has 3 rings (SSSR count). The van der Waals surface area contributed by atoms with Gasteiger partial charge in [0.2, 0.25) is 0 Å². The number of anilines is 1. The second kappa shape index (κ2) is 11.0. The first-order chi connectivity index (χ1) is 16.5. The summed E-state index contributed by atoms with van der Waals surface area (Å²) in [5.74, 6) is 6.28. The second-order valence-corrected chi connectivity index (χ2v) is 9.32. The lowest BCUT2D eigenvalue weighted by molar-refractivity contribution is -0.139. The molecular formula is C30H33NO4. The van der Waals surface area contributed by atoms with Crippen LogP contribution in [0.25, 0.3) is 0 Å². The van der Waals surface area contributed by atoms with Crippen molar-refractivity contribution in [3.63, 3.8) is 0 Å². The molecule has 0 amide bonds. The van der Waals surface area contributed by atoms with Gasteiger partial charge in [-0.25, -0.2) is 4.79 Å². The van der Waals surface area contributed by atoms with Gasteiger partial charge < -0.3 is 19.8 Å². The number of nitrogens with zero attached hydrogens (tertiary/aromatic N) is 1. The van der Waals surface area contributed by atoms with E-state index in [9.17, 15) is 9.90 Å². The van der Waals surface area contributed by atoms with Gasteiger partial charge >= 0.3 is 5.97 Å². The molecular weight excluding hydrogens is 438 g/mol. The minimum absolute atomic E-state index is 0.142. The van der Waals surface area contributed by atoms with Crippen LogP contribution in [0.3, 0.4) is 0 Å². The molecule has 0 aliphatic heterocycles. The van der Waals surface area contributed by atoms with Gasteiger partial charge in [-0.1, -0.05) is 31.8 Å². The summed E-state index contributed by atoms with van der Waals surface area (Å²) < 4.78 is 5.36. The fraction of sp³-hybridized carbons (Fsp3) is 0.300. The lowest BCUT2D eigenvalue weighted by Gasteiger charge is -2.16. The van der Waals surface area contributed by atoms with Gasteiger partial charge in [-0.15, -0.1) is 0 Å². The number of hydrogen-bond acceptors (Lipinski definition) is 4. The Bertz CT molecular complexity index is 1260. The van der Waals surface area contributed by atoms with E-state index in [2.05, 4.69) is 25.7 Å². The van der Waals surface area contributed by atoms with E-state index in [4.69, 9.17) is 9.84 Å². The topological polar surface area (TPSA) is 70.0 Å².